The van der Waals surface area contributed by atoms with Crippen molar-refractivity contribution in [2.24, 2.45) is 0 Å². The number of amides is 1. The zero-order chi connectivity index (χ0) is 18.8. The first kappa shape index (κ1) is 18.0. The highest BCUT2D eigenvalue weighted by Gasteiger charge is 2.36. The van der Waals surface area contributed by atoms with E-state index >= 15 is 0 Å². The molecule has 0 spiro atoms. The highest BCUT2D eigenvalue weighted by atomic mass is 16.5. The molecule has 1 aliphatic heterocycles. The van der Waals surface area contributed by atoms with Gasteiger partial charge in [-0.15, -0.1) is 0 Å². The summed E-state index contributed by atoms with van der Waals surface area (Å²) >= 11 is 0. The largest absolute Gasteiger partial charge is 0.496 e. The van der Waals surface area contributed by atoms with Gasteiger partial charge in [-0.1, -0.05) is 25.0 Å². The van der Waals surface area contributed by atoms with Crippen molar-refractivity contribution < 1.29 is 18.7 Å². The van der Waals surface area contributed by atoms with Gasteiger partial charge in [-0.25, -0.2) is 4.98 Å². The average molecular weight is 370 g/mol. The fraction of sp³-hybridized carbons (Fsp3) is 0.524. The normalized spacial score (nSPS) is 22.4. The second kappa shape index (κ2) is 7.72. The Morgan fingerprint density at radius 3 is 2.96 bits per heavy atom. The van der Waals surface area contributed by atoms with Gasteiger partial charge in [0.05, 0.1) is 43.5 Å². The molecule has 1 aromatic heterocycles. The molecular weight excluding hydrogens is 344 g/mol. The van der Waals surface area contributed by atoms with Crippen molar-refractivity contribution in [2.45, 2.75) is 51.2 Å². The molecule has 1 saturated heterocycles. The number of nitrogens with zero attached hydrogens (tertiary/aromatic N) is 2. The number of hydrogen-bond acceptors (Lipinski definition) is 5. The first-order valence-electron chi connectivity index (χ1n) is 9.68. The molecule has 2 unspecified atom stereocenters. The number of oxazole rings is 1. The molecule has 2 aromatic rings. The zero-order valence-electron chi connectivity index (χ0n) is 15.9. The molecule has 6 nitrogen and oxygen atoms in total. The molecule has 1 aliphatic carbocycles. The fourth-order valence-corrected chi connectivity index (χ4v) is 4.18. The SMILES string of the molecule is COc1ccccc1-c1nc(CC(=O)N2CCOC3CCCCC32)c(C)o1. The summed E-state index contributed by atoms with van der Waals surface area (Å²) in [6, 6.07) is 7.81. The van der Waals surface area contributed by atoms with Crippen LogP contribution in [0.1, 0.15) is 37.1 Å². The van der Waals surface area contributed by atoms with Crippen LogP contribution in [0.3, 0.4) is 0 Å². The first-order valence-corrected chi connectivity index (χ1v) is 9.68. The van der Waals surface area contributed by atoms with E-state index in [4.69, 9.17) is 13.9 Å². The Morgan fingerprint density at radius 1 is 1.30 bits per heavy atom. The number of aryl methyl sites for hydroxylation is 1. The number of ether oxygens (including phenoxy) is 2. The summed E-state index contributed by atoms with van der Waals surface area (Å²) in [5.41, 5.74) is 1.49. The number of para-hydroxylation sites is 1. The summed E-state index contributed by atoms with van der Waals surface area (Å²) in [5.74, 6) is 1.98. The molecule has 0 bridgehead atoms. The minimum Gasteiger partial charge on any atom is -0.496 e. The maximum Gasteiger partial charge on any atom is 0.230 e. The molecule has 1 amide bonds. The van der Waals surface area contributed by atoms with Gasteiger partial charge < -0.3 is 18.8 Å². The minimum absolute atomic E-state index is 0.109. The summed E-state index contributed by atoms with van der Waals surface area (Å²) < 4.78 is 17.1. The monoisotopic (exact) mass is 370 g/mol. The Hall–Kier alpha value is -2.34. The Labute approximate surface area is 159 Å². The molecule has 2 aliphatic rings. The van der Waals surface area contributed by atoms with Crippen LogP contribution in [0.2, 0.25) is 0 Å². The van der Waals surface area contributed by atoms with Crippen molar-refractivity contribution >= 4 is 5.91 Å². The van der Waals surface area contributed by atoms with E-state index in [-0.39, 0.29) is 24.5 Å². The van der Waals surface area contributed by atoms with Crippen LogP contribution in [0.15, 0.2) is 28.7 Å². The molecule has 4 rings (SSSR count). The number of rotatable bonds is 4. The molecule has 1 saturated carbocycles. The van der Waals surface area contributed by atoms with Crippen LogP contribution in [-0.2, 0) is 16.0 Å². The predicted octanol–water partition coefficient (Wildman–Crippen LogP) is 3.37. The van der Waals surface area contributed by atoms with Crippen LogP contribution in [0, 0.1) is 6.92 Å². The first-order chi connectivity index (χ1) is 13.2. The Kier molecular flexibility index (Phi) is 5.16. The molecule has 144 valence electrons. The standard InChI is InChI=1S/C21H26N2O4/c1-14-16(22-21(27-14)15-7-3-5-9-18(15)25-2)13-20(24)23-11-12-26-19-10-6-4-8-17(19)23/h3,5,7,9,17,19H,4,6,8,10-13H2,1-2H3. The van der Waals surface area contributed by atoms with E-state index in [1.54, 1.807) is 7.11 Å². The second-order valence-corrected chi connectivity index (χ2v) is 7.25. The van der Waals surface area contributed by atoms with Crippen molar-refractivity contribution in [2.75, 3.05) is 20.3 Å². The van der Waals surface area contributed by atoms with E-state index in [0.29, 0.717) is 36.2 Å². The summed E-state index contributed by atoms with van der Waals surface area (Å²) in [7, 11) is 1.62. The maximum absolute atomic E-state index is 13.0. The van der Waals surface area contributed by atoms with E-state index in [1.807, 2.05) is 36.1 Å². The van der Waals surface area contributed by atoms with Crippen molar-refractivity contribution in [3.8, 4) is 17.2 Å². The number of fused-ring (bicyclic) bond motifs is 1. The number of carbonyl (C=O) groups excluding carboxylic acids is 1. The summed E-state index contributed by atoms with van der Waals surface area (Å²) in [5, 5.41) is 0. The topological polar surface area (TPSA) is 64.8 Å². The molecule has 2 heterocycles. The molecule has 27 heavy (non-hydrogen) atoms. The van der Waals surface area contributed by atoms with E-state index in [2.05, 4.69) is 4.98 Å². The molecule has 1 aromatic carbocycles. The average Bonchev–Trinajstić information content (AvgIpc) is 3.07. The van der Waals surface area contributed by atoms with Gasteiger partial charge in [-0.05, 0) is 31.9 Å². The highest BCUT2D eigenvalue weighted by molar-refractivity contribution is 5.79. The molecule has 6 heteroatoms. The number of carbonyl (C=O) groups is 1. The third-order valence-electron chi connectivity index (χ3n) is 5.60. The summed E-state index contributed by atoms with van der Waals surface area (Å²) in [4.78, 5) is 19.6. The van der Waals surface area contributed by atoms with E-state index in [0.717, 1.165) is 24.8 Å². The van der Waals surface area contributed by atoms with Crippen LogP contribution < -0.4 is 4.74 Å². The third-order valence-corrected chi connectivity index (χ3v) is 5.60. The van der Waals surface area contributed by atoms with Crippen molar-refractivity contribution in [3.05, 3.63) is 35.7 Å². The molecule has 2 atom stereocenters. The van der Waals surface area contributed by atoms with Crippen molar-refractivity contribution in [1.29, 1.82) is 0 Å². The molecular formula is C21H26N2O4. The lowest BCUT2D eigenvalue weighted by molar-refractivity contribution is -0.148. The van der Waals surface area contributed by atoms with Gasteiger partial charge >= 0.3 is 0 Å². The number of hydrogen-bond donors (Lipinski definition) is 0. The number of morpholine rings is 1. The van der Waals surface area contributed by atoms with Crippen LogP contribution >= 0.6 is 0 Å². The number of benzene rings is 1. The van der Waals surface area contributed by atoms with E-state index < -0.39 is 0 Å². The van der Waals surface area contributed by atoms with Gasteiger partial charge in [0.15, 0.2) is 0 Å². The molecule has 0 N–H and O–H groups in total. The van der Waals surface area contributed by atoms with E-state index in [1.165, 1.54) is 6.42 Å². The maximum atomic E-state index is 13.0. The Balaban J connectivity index is 1.53. The van der Waals surface area contributed by atoms with Gasteiger partial charge in [0.2, 0.25) is 11.8 Å². The number of aromatic nitrogens is 1. The summed E-state index contributed by atoms with van der Waals surface area (Å²) in [6.07, 6.45) is 4.88. The second-order valence-electron chi connectivity index (χ2n) is 7.25. The van der Waals surface area contributed by atoms with Crippen LogP contribution in [-0.4, -0.2) is 48.2 Å². The van der Waals surface area contributed by atoms with Crippen molar-refractivity contribution in [3.63, 3.8) is 0 Å². The van der Waals surface area contributed by atoms with Gasteiger partial charge in [0, 0.05) is 6.54 Å². The quantitative estimate of drug-likeness (QED) is 0.826. The smallest absolute Gasteiger partial charge is 0.230 e. The van der Waals surface area contributed by atoms with Crippen LogP contribution in [0.4, 0.5) is 0 Å². The third kappa shape index (κ3) is 3.58. The Morgan fingerprint density at radius 2 is 2.11 bits per heavy atom. The summed E-state index contributed by atoms with van der Waals surface area (Å²) in [6.45, 7) is 3.14. The van der Waals surface area contributed by atoms with Gasteiger partial charge in [0.1, 0.15) is 11.5 Å². The predicted molar refractivity (Wildman–Crippen MR) is 101 cm³/mol. The molecule has 0 radical (unpaired) electrons. The highest BCUT2D eigenvalue weighted by Crippen LogP contribution is 2.32. The van der Waals surface area contributed by atoms with Crippen molar-refractivity contribution in [1.82, 2.24) is 9.88 Å². The number of methoxy groups -OCH3 is 1. The fourth-order valence-electron chi connectivity index (χ4n) is 4.18. The van der Waals surface area contributed by atoms with Crippen LogP contribution in [0.25, 0.3) is 11.5 Å². The van der Waals surface area contributed by atoms with Gasteiger partial charge in [0.25, 0.3) is 0 Å². The van der Waals surface area contributed by atoms with E-state index in [9.17, 15) is 4.79 Å². The van der Waals surface area contributed by atoms with Gasteiger partial charge in [-0.2, -0.15) is 0 Å². The van der Waals surface area contributed by atoms with Gasteiger partial charge in [-0.3, -0.25) is 4.79 Å². The zero-order valence-corrected chi connectivity index (χ0v) is 15.9. The molecule has 2 fully saturated rings. The van der Waals surface area contributed by atoms with Crippen LogP contribution in [0.5, 0.6) is 5.75 Å². The lowest BCUT2D eigenvalue weighted by atomic mass is 9.90. The Bertz CT molecular complexity index is 814. The minimum atomic E-state index is 0.109. The lowest BCUT2D eigenvalue weighted by Gasteiger charge is -2.43. The lowest BCUT2D eigenvalue weighted by Crippen LogP contribution is -2.55.